The molecule has 51 nitrogen and oxygen atoms in total. The molecule has 9 aromatic rings. The molecule has 3 fully saturated rings. The summed E-state index contributed by atoms with van der Waals surface area (Å²) in [4.78, 5) is 293. The summed E-state index contributed by atoms with van der Waals surface area (Å²) in [5.41, 5.74) is 8.50. The predicted octanol–water partition coefficient (Wildman–Crippen LogP) is -8.59. The molecule has 15 amide bonds. The van der Waals surface area contributed by atoms with E-state index in [0.29, 0.717) is 41.3 Å². The average molecular weight is 1770 g/mol. The molecule has 0 spiro atoms. The van der Waals surface area contributed by atoms with E-state index in [1.54, 1.807) is 0 Å². The van der Waals surface area contributed by atoms with Gasteiger partial charge in [0, 0.05) is 133 Å². The molecule has 12 rings (SSSR count). The first-order valence-electron chi connectivity index (χ1n) is 41.0. The maximum Gasteiger partial charge on any atom is 0.322 e. The highest BCUT2D eigenvalue weighted by atomic mass is 16.4. The molecule has 0 unspecified atom stereocenters. The highest BCUT2D eigenvalue weighted by molar-refractivity contribution is 6.01. The highest BCUT2D eigenvalue weighted by Gasteiger charge is 2.45. The third kappa shape index (κ3) is 25.8. The Kier molecular flexibility index (Phi) is 31.9. The number of aromatic nitrogens is 18. The number of carboxylic acids is 1. The van der Waals surface area contributed by atoms with Gasteiger partial charge in [0.25, 0.3) is 0 Å². The SMILES string of the molecule is NCC(=O)N[C@@H](Cc1c[nH]cn1)C(=O)N[C@@H](Cc1c[nH]cn1)C(=O)N1CCC[C@H]1C(=O)N[C@@H](Cc1c[nH]cn1)C(=O)NCC(=O)N[C@@H](Cc1c[nH]cn1)C(=O)N[C@@H](Cc1c[nH]cn1)C(=O)N1CCC[C@H]1C(=O)N[C@@H](Cc1c[nH]cn1)C(=O)NCC(=O)N[C@@H](Cc1c[nH]cn1)C(=O)N[C@@H](Cc1c[nH]cn1)C(=O)N1CCC[C@H]1C(=O)N[C@@H](Cc1c[nH]cn1)C(=O)NCC(=O)O. The van der Waals surface area contributed by atoms with Gasteiger partial charge in [-0.15, -0.1) is 0 Å². The number of amides is 15. The number of nitrogens with zero attached hydrogens (tertiary/aromatic N) is 12. The Hall–Kier alpha value is -15.6. The zero-order chi connectivity index (χ0) is 90.6. The van der Waals surface area contributed by atoms with Crippen LogP contribution in [0.5, 0.6) is 0 Å². The average Bonchev–Trinajstić information content (AvgIpc) is 1.50. The number of nitrogens with one attached hydrogen (secondary N) is 21. The summed E-state index contributed by atoms with van der Waals surface area (Å²) in [7, 11) is 0. The summed E-state index contributed by atoms with van der Waals surface area (Å²) >= 11 is 0. The van der Waals surface area contributed by atoms with Crippen molar-refractivity contribution >= 4 is 94.6 Å². The Labute approximate surface area is 726 Å². The van der Waals surface area contributed by atoms with Crippen molar-refractivity contribution in [1.29, 1.82) is 0 Å². The summed E-state index contributed by atoms with van der Waals surface area (Å²) in [5, 5.41) is 40.6. The van der Waals surface area contributed by atoms with Crippen LogP contribution in [-0.2, 0) is 134 Å². The van der Waals surface area contributed by atoms with E-state index < -0.39 is 193 Å². The fourth-order valence-electron chi connectivity index (χ4n) is 15.1. The molecule has 0 saturated carbocycles. The lowest BCUT2D eigenvalue weighted by molar-refractivity contribution is -0.142. The second kappa shape index (κ2) is 44.6. The Morgan fingerprint density at radius 1 is 0.297 bits per heavy atom. The number of carbonyl (C=O) groups is 16. The van der Waals surface area contributed by atoms with E-state index in [1.165, 1.54) is 127 Å². The standard InChI is InChI=1S/C77H98N34O17/c78-19-62(112)100-53(13-44-23-82-35-94-44)69(120)106-56(16-47-26-85-38-97-47)75(126)109-7-1-4-59(109)72(123)103-50(10-41-20-79-32-91-41)66(117)88-29-63(113)101-54(14-45-24-83-36-95-45)70(121)107-57(17-48-27-86-39-98-48)76(127)110-8-2-5-60(110)73(124)104-51(11-42-21-80-33-92-42)67(118)89-30-64(114)102-55(15-46-25-84-37-96-46)71(122)108-58(18-49-28-87-40-99-49)77(128)111-9-3-6-61(111)74(125)105-52(12-43-22-81-34-93-43)68(119)90-31-65(115)116/h20-28,32-40,50-61H,1-19,29-31,78H2,(H,79,91)(H,80,92)(H,81,93)(H,82,94)(H,83,95)(H,84,96)(H,85,97)(H,86,98)(H,87,99)(H,88,117)(H,89,118)(H,90,119)(H,100,112)(H,101,113)(H,102,114)(H,103,123)(H,104,124)(H,105,125)(H,106,120)(H,107,121)(H,108,122)(H,115,116)/t50-,51-,52-,53-,54-,55-,56-,57-,58-,59-,60-,61-/m0/s1. The lowest BCUT2D eigenvalue weighted by Crippen LogP contribution is -2.60. The minimum atomic E-state index is -1.52. The van der Waals surface area contributed by atoms with Crippen LogP contribution in [0.3, 0.4) is 0 Å². The largest absolute Gasteiger partial charge is 0.480 e. The number of rotatable bonds is 46. The van der Waals surface area contributed by atoms with E-state index in [0.717, 1.165) is 0 Å². The summed E-state index contributed by atoms with van der Waals surface area (Å²) in [6.45, 7) is -2.71. The van der Waals surface area contributed by atoms with Crippen LogP contribution in [0.2, 0.25) is 0 Å². The molecule has 3 saturated heterocycles. The van der Waals surface area contributed by atoms with Crippen molar-refractivity contribution in [2.75, 3.05) is 45.8 Å². The Morgan fingerprint density at radius 3 is 0.719 bits per heavy atom. The highest BCUT2D eigenvalue weighted by Crippen LogP contribution is 2.25. The van der Waals surface area contributed by atoms with Gasteiger partial charge in [0.1, 0.15) is 79.0 Å². The van der Waals surface area contributed by atoms with E-state index in [-0.39, 0.29) is 126 Å². The molecule has 24 N–H and O–H groups in total. The van der Waals surface area contributed by atoms with Crippen LogP contribution in [0.1, 0.15) is 89.8 Å². The van der Waals surface area contributed by atoms with Gasteiger partial charge in [-0.3, -0.25) is 76.7 Å². The van der Waals surface area contributed by atoms with Gasteiger partial charge in [0.2, 0.25) is 88.6 Å². The fraction of sp³-hybridized carbons (Fsp3) is 0.442. The van der Waals surface area contributed by atoms with E-state index >= 15 is 4.79 Å². The number of nitrogens with two attached hydrogens (primary N) is 1. The van der Waals surface area contributed by atoms with Crippen molar-refractivity contribution in [3.05, 3.63) is 164 Å². The minimum absolute atomic E-state index is 0.0262. The number of imidazole rings is 9. The zero-order valence-corrected chi connectivity index (χ0v) is 68.8. The summed E-state index contributed by atoms with van der Waals surface area (Å²) in [6.07, 6.45) is 24.9. The van der Waals surface area contributed by atoms with Gasteiger partial charge < -0.3 is 134 Å². The van der Waals surface area contributed by atoms with Crippen molar-refractivity contribution in [3.63, 3.8) is 0 Å². The monoisotopic (exact) mass is 1770 g/mol. The number of hydrogen-bond donors (Lipinski definition) is 23. The number of H-pyrrole nitrogens is 9. The smallest absolute Gasteiger partial charge is 0.322 e. The molecule has 0 bridgehead atoms. The molecule has 678 valence electrons. The third-order valence-electron chi connectivity index (χ3n) is 21.4. The van der Waals surface area contributed by atoms with Crippen LogP contribution in [0, 0.1) is 0 Å². The van der Waals surface area contributed by atoms with Crippen LogP contribution in [0.25, 0.3) is 0 Å². The van der Waals surface area contributed by atoms with Crippen LogP contribution >= 0.6 is 0 Å². The second-order valence-electron chi connectivity index (χ2n) is 30.4. The molecule has 51 heteroatoms. The molecule has 128 heavy (non-hydrogen) atoms. The van der Waals surface area contributed by atoms with Crippen LogP contribution in [0.15, 0.2) is 113 Å². The Balaban J connectivity index is 0.682. The van der Waals surface area contributed by atoms with E-state index in [9.17, 15) is 77.0 Å². The predicted molar refractivity (Wildman–Crippen MR) is 438 cm³/mol. The van der Waals surface area contributed by atoms with Crippen LogP contribution < -0.4 is 69.5 Å². The van der Waals surface area contributed by atoms with Crippen LogP contribution in [0.4, 0.5) is 0 Å². The van der Waals surface area contributed by atoms with Gasteiger partial charge in [-0.1, -0.05) is 0 Å². The maximum atomic E-state index is 15.2. The van der Waals surface area contributed by atoms with Gasteiger partial charge in [-0.25, -0.2) is 44.9 Å². The molecule has 3 aliphatic rings. The van der Waals surface area contributed by atoms with Gasteiger partial charge in [-0.05, 0) is 38.5 Å². The van der Waals surface area contributed by atoms with E-state index in [4.69, 9.17) is 5.73 Å². The number of likely N-dealkylation sites (tertiary alicyclic amines) is 3. The van der Waals surface area contributed by atoms with Crippen LogP contribution in [-0.4, -0.2) is 322 Å². The van der Waals surface area contributed by atoms with E-state index in [1.807, 2.05) is 0 Å². The first-order chi connectivity index (χ1) is 61.9. The summed E-state index contributed by atoms with van der Waals surface area (Å²) < 4.78 is 0. The lowest BCUT2D eigenvalue weighted by Gasteiger charge is -2.30. The molecule has 12 heterocycles. The van der Waals surface area contributed by atoms with Crippen molar-refractivity contribution in [1.82, 2.24) is 168 Å². The molecule has 0 radical (unpaired) electrons. The number of carbonyl (C=O) groups excluding carboxylic acids is 15. The van der Waals surface area contributed by atoms with Gasteiger partial charge in [-0.2, -0.15) is 0 Å². The molecular weight excluding hydrogens is 1670 g/mol. The third-order valence-corrected chi connectivity index (χ3v) is 21.4. The van der Waals surface area contributed by atoms with Gasteiger partial charge in [0.05, 0.1) is 128 Å². The Bertz CT molecular complexity index is 5200. The minimum Gasteiger partial charge on any atom is -0.480 e. The topological polar surface area (TPSA) is 732 Å². The van der Waals surface area contributed by atoms with Crippen molar-refractivity contribution < 1.29 is 81.8 Å². The first kappa shape index (κ1) is 91.6. The molecule has 0 aliphatic carbocycles. The normalized spacial score (nSPS) is 16.9. The number of aromatic amines is 9. The van der Waals surface area contributed by atoms with Gasteiger partial charge >= 0.3 is 5.97 Å². The molecule has 12 atom stereocenters. The number of aliphatic carboxylic acids is 1. The Morgan fingerprint density at radius 2 is 0.508 bits per heavy atom. The molecule has 9 aromatic heterocycles. The number of hydrogen-bond acceptors (Lipinski definition) is 26. The molecule has 3 aliphatic heterocycles. The van der Waals surface area contributed by atoms with Gasteiger partial charge in [0.15, 0.2) is 0 Å². The lowest BCUT2D eigenvalue weighted by atomic mass is 10.1. The van der Waals surface area contributed by atoms with Crippen molar-refractivity contribution in [2.24, 2.45) is 5.73 Å². The quantitative estimate of drug-likeness (QED) is 0.0168. The maximum absolute atomic E-state index is 15.2. The van der Waals surface area contributed by atoms with Crippen molar-refractivity contribution in [3.8, 4) is 0 Å². The second-order valence-corrected chi connectivity index (χ2v) is 30.4. The fourth-order valence-corrected chi connectivity index (χ4v) is 15.1. The summed E-state index contributed by atoms with van der Waals surface area (Å²) in [5.74, 6) is -13.6. The molecule has 0 aromatic carbocycles. The first-order valence-corrected chi connectivity index (χ1v) is 41.0. The van der Waals surface area contributed by atoms with E-state index in [2.05, 4.69) is 154 Å². The number of carboxylic acid groups (broad SMARTS) is 1. The van der Waals surface area contributed by atoms with Crippen molar-refractivity contribution in [2.45, 2.75) is 169 Å². The summed E-state index contributed by atoms with van der Waals surface area (Å²) in [6, 6.07) is -16.4. The zero-order valence-electron chi connectivity index (χ0n) is 68.8. The molecular formula is C77H98N34O17.